The molecule has 0 bridgehead atoms. The molecule has 5 heteroatoms. The van der Waals surface area contributed by atoms with Gasteiger partial charge < -0.3 is 16.0 Å². The van der Waals surface area contributed by atoms with Gasteiger partial charge in [0, 0.05) is 12.6 Å². The summed E-state index contributed by atoms with van der Waals surface area (Å²) in [7, 11) is 0. The molecule has 0 spiro atoms. The van der Waals surface area contributed by atoms with Crippen molar-refractivity contribution in [2.24, 2.45) is 11.7 Å². The summed E-state index contributed by atoms with van der Waals surface area (Å²) in [5.41, 5.74) is 5.41. The summed E-state index contributed by atoms with van der Waals surface area (Å²) in [4.78, 5) is 17.9. The van der Waals surface area contributed by atoms with Crippen LogP contribution in [-0.4, -0.2) is 23.1 Å². The van der Waals surface area contributed by atoms with Crippen LogP contribution in [0.15, 0.2) is 10.9 Å². The van der Waals surface area contributed by atoms with E-state index in [0.717, 1.165) is 25.9 Å². The Labute approximate surface area is 95.5 Å². The van der Waals surface area contributed by atoms with Crippen molar-refractivity contribution in [3.8, 4) is 0 Å². The minimum Gasteiger partial charge on any atom is -0.370 e. The van der Waals surface area contributed by atoms with Gasteiger partial charge in [-0.1, -0.05) is 6.92 Å². The molecule has 0 fully saturated rings. The SMILES string of the molecule is Cc1nc(NCCCC(C)CN)cc(=O)[nH]1. The van der Waals surface area contributed by atoms with Crippen molar-refractivity contribution in [2.75, 3.05) is 18.4 Å². The highest BCUT2D eigenvalue weighted by atomic mass is 16.1. The number of aromatic amines is 1. The Kier molecular flexibility index (Phi) is 4.98. The fraction of sp³-hybridized carbons (Fsp3) is 0.636. The number of nitrogens with two attached hydrogens (primary N) is 1. The maximum Gasteiger partial charge on any atom is 0.252 e. The third-order valence-corrected chi connectivity index (χ3v) is 2.44. The number of nitrogens with zero attached hydrogens (tertiary/aromatic N) is 1. The van der Waals surface area contributed by atoms with E-state index in [1.165, 1.54) is 6.07 Å². The van der Waals surface area contributed by atoms with E-state index in [1.807, 2.05) is 0 Å². The number of hydrogen-bond donors (Lipinski definition) is 3. The van der Waals surface area contributed by atoms with Crippen LogP contribution in [0.2, 0.25) is 0 Å². The molecule has 0 amide bonds. The average Bonchev–Trinajstić information content (AvgIpc) is 2.22. The molecule has 0 aliphatic rings. The van der Waals surface area contributed by atoms with Gasteiger partial charge in [-0.25, -0.2) is 4.98 Å². The molecule has 16 heavy (non-hydrogen) atoms. The molecule has 1 atom stereocenters. The first-order valence-electron chi connectivity index (χ1n) is 5.63. The highest BCUT2D eigenvalue weighted by molar-refractivity contribution is 5.32. The van der Waals surface area contributed by atoms with Crippen LogP contribution in [-0.2, 0) is 0 Å². The van der Waals surface area contributed by atoms with Crippen LogP contribution in [0.25, 0.3) is 0 Å². The number of rotatable bonds is 6. The van der Waals surface area contributed by atoms with Crippen LogP contribution in [0.3, 0.4) is 0 Å². The molecular formula is C11H20N4O. The third-order valence-electron chi connectivity index (χ3n) is 2.44. The van der Waals surface area contributed by atoms with Gasteiger partial charge in [0.1, 0.15) is 11.6 Å². The predicted octanol–water partition coefficient (Wildman–Crippen LogP) is 0.865. The Bertz CT molecular complexity index is 374. The number of hydrogen-bond acceptors (Lipinski definition) is 4. The van der Waals surface area contributed by atoms with Gasteiger partial charge in [-0.3, -0.25) is 4.79 Å². The zero-order chi connectivity index (χ0) is 12.0. The molecule has 1 unspecified atom stereocenters. The average molecular weight is 224 g/mol. The van der Waals surface area contributed by atoms with E-state index in [4.69, 9.17) is 5.73 Å². The maximum absolute atomic E-state index is 11.1. The standard InChI is InChI=1S/C11H20N4O/c1-8(7-12)4-3-5-13-10-6-11(16)15-9(2)14-10/h6,8H,3-5,7,12H2,1-2H3,(H2,13,14,15,16). The molecule has 5 nitrogen and oxygen atoms in total. The molecule has 1 aromatic rings. The quantitative estimate of drug-likeness (QED) is 0.626. The fourth-order valence-electron chi connectivity index (χ4n) is 1.45. The molecule has 0 saturated carbocycles. The van der Waals surface area contributed by atoms with Gasteiger partial charge in [-0.15, -0.1) is 0 Å². The van der Waals surface area contributed by atoms with Gasteiger partial charge in [0.15, 0.2) is 0 Å². The molecule has 0 radical (unpaired) electrons. The highest BCUT2D eigenvalue weighted by Gasteiger charge is 2.00. The predicted molar refractivity (Wildman–Crippen MR) is 65.5 cm³/mol. The first-order valence-corrected chi connectivity index (χ1v) is 5.63. The van der Waals surface area contributed by atoms with Crippen molar-refractivity contribution in [1.29, 1.82) is 0 Å². The fourth-order valence-corrected chi connectivity index (χ4v) is 1.45. The number of anilines is 1. The topological polar surface area (TPSA) is 83.8 Å². The smallest absolute Gasteiger partial charge is 0.252 e. The zero-order valence-electron chi connectivity index (χ0n) is 9.92. The van der Waals surface area contributed by atoms with Crippen molar-refractivity contribution >= 4 is 5.82 Å². The van der Waals surface area contributed by atoms with E-state index in [1.54, 1.807) is 6.92 Å². The Morgan fingerprint density at radius 2 is 2.38 bits per heavy atom. The van der Waals surface area contributed by atoms with E-state index in [0.29, 0.717) is 17.6 Å². The normalized spacial score (nSPS) is 12.4. The minimum atomic E-state index is -0.120. The molecule has 0 aliphatic carbocycles. The lowest BCUT2D eigenvalue weighted by Gasteiger charge is -2.09. The molecule has 1 aromatic heterocycles. The lowest BCUT2D eigenvalue weighted by atomic mass is 10.1. The molecule has 90 valence electrons. The van der Waals surface area contributed by atoms with Crippen molar-refractivity contribution in [2.45, 2.75) is 26.7 Å². The molecule has 1 heterocycles. The number of H-pyrrole nitrogens is 1. The van der Waals surface area contributed by atoms with E-state index in [9.17, 15) is 4.79 Å². The van der Waals surface area contributed by atoms with Crippen LogP contribution in [0.5, 0.6) is 0 Å². The molecule has 0 aromatic carbocycles. The van der Waals surface area contributed by atoms with Crippen LogP contribution in [0.1, 0.15) is 25.6 Å². The van der Waals surface area contributed by atoms with Gasteiger partial charge in [0.2, 0.25) is 0 Å². The molecule has 4 N–H and O–H groups in total. The van der Waals surface area contributed by atoms with E-state index in [-0.39, 0.29) is 5.56 Å². The number of nitrogens with one attached hydrogen (secondary N) is 2. The van der Waals surface area contributed by atoms with Gasteiger partial charge in [-0.05, 0) is 32.2 Å². The highest BCUT2D eigenvalue weighted by Crippen LogP contribution is 2.04. The summed E-state index contributed by atoms with van der Waals surface area (Å²) in [6.45, 7) is 5.45. The second-order valence-corrected chi connectivity index (χ2v) is 4.13. The summed E-state index contributed by atoms with van der Waals surface area (Å²) >= 11 is 0. The third kappa shape index (κ3) is 4.44. The molecular weight excluding hydrogens is 204 g/mol. The largest absolute Gasteiger partial charge is 0.370 e. The van der Waals surface area contributed by atoms with Crippen LogP contribution in [0.4, 0.5) is 5.82 Å². The molecule has 0 saturated heterocycles. The molecule has 0 aliphatic heterocycles. The van der Waals surface area contributed by atoms with E-state index in [2.05, 4.69) is 22.2 Å². The van der Waals surface area contributed by atoms with E-state index >= 15 is 0 Å². The lowest BCUT2D eigenvalue weighted by Crippen LogP contribution is -2.14. The lowest BCUT2D eigenvalue weighted by molar-refractivity contribution is 0.529. The summed E-state index contributed by atoms with van der Waals surface area (Å²) in [6.07, 6.45) is 2.12. The monoisotopic (exact) mass is 224 g/mol. The first-order chi connectivity index (χ1) is 7.61. The van der Waals surface area contributed by atoms with Crippen LogP contribution >= 0.6 is 0 Å². The Balaban J connectivity index is 2.34. The Morgan fingerprint density at radius 1 is 1.62 bits per heavy atom. The zero-order valence-corrected chi connectivity index (χ0v) is 9.92. The second-order valence-electron chi connectivity index (χ2n) is 4.13. The van der Waals surface area contributed by atoms with Gasteiger partial charge in [-0.2, -0.15) is 0 Å². The van der Waals surface area contributed by atoms with Crippen LogP contribution in [0, 0.1) is 12.8 Å². The van der Waals surface area contributed by atoms with E-state index < -0.39 is 0 Å². The summed E-state index contributed by atoms with van der Waals surface area (Å²) in [6, 6.07) is 1.47. The van der Waals surface area contributed by atoms with Crippen LogP contribution < -0.4 is 16.6 Å². The van der Waals surface area contributed by atoms with Crippen molar-refractivity contribution in [1.82, 2.24) is 9.97 Å². The molecule has 1 rings (SSSR count). The summed E-state index contributed by atoms with van der Waals surface area (Å²) in [5.74, 6) is 1.82. The van der Waals surface area contributed by atoms with Crippen molar-refractivity contribution in [3.63, 3.8) is 0 Å². The van der Waals surface area contributed by atoms with Crippen molar-refractivity contribution < 1.29 is 0 Å². The van der Waals surface area contributed by atoms with Gasteiger partial charge >= 0.3 is 0 Å². The van der Waals surface area contributed by atoms with Gasteiger partial charge in [0.05, 0.1) is 0 Å². The number of aryl methyl sites for hydroxylation is 1. The first kappa shape index (κ1) is 12.7. The van der Waals surface area contributed by atoms with Gasteiger partial charge in [0.25, 0.3) is 5.56 Å². The Morgan fingerprint density at radius 3 is 3.00 bits per heavy atom. The second kappa shape index (κ2) is 6.27. The maximum atomic E-state index is 11.1. The summed E-state index contributed by atoms with van der Waals surface area (Å²) in [5, 5.41) is 3.13. The minimum absolute atomic E-state index is 0.120. The Hall–Kier alpha value is -1.36. The summed E-state index contributed by atoms with van der Waals surface area (Å²) < 4.78 is 0. The van der Waals surface area contributed by atoms with Crippen molar-refractivity contribution in [3.05, 3.63) is 22.2 Å². The number of aromatic nitrogens is 2.